The van der Waals surface area contributed by atoms with Crippen molar-refractivity contribution in [1.29, 1.82) is 0 Å². The van der Waals surface area contributed by atoms with Crippen molar-refractivity contribution < 1.29 is 14.1 Å². The van der Waals surface area contributed by atoms with E-state index in [-0.39, 0.29) is 5.97 Å². The van der Waals surface area contributed by atoms with Gasteiger partial charge < -0.3 is 9.26 Å². The first-order chi connectivity index (χ1) is 9.65. The van der Waals surface area contributed by atoms with Gasteiger partial charge in [-0.3, -0.25) is 4.79 Å². The molecular weight excluding hydrogens is 260 g/mol. The summed E-state index contributed by atoms with van der Waals surface area (Å²) in [6.45, 7) is 3.90. The van der Waals surface area contributed by atoms with Crippen LogP contribution in [0.4, 0.5) is 0 Å². The molecule has 7 nitrogen and oxygen atoms in total. The van der Waals surface area contributed by atoms with Crippen LogP contribution in [-0.4, -0.2) is 32.7 Å². The van der Waals surface area contributed by atoms with E-state index in [4.69, 9.17) is 9.26 Å². The van der Waals surface area contributed by atoms with Crippen LogP contribution in [0.15, 0.2) is 16.8 Å². The third-order valence-corrected chi connectivity index (χ3v) is 3.26. The van der Waals surface area contributed by atoms with Gasteiger partial charge in [0.05, 0.1) is 6.61 Å². The summed E-state index contributed by atoms with van der Waals surface area (Å²) in [6.07, 6.45) is 2.98. The highest BCUT2D eigenvalue weighted by Crippen LogP contribution is 2.48. The number of carbonyl (C=O) groups excluding carboxylic acids is 1. The van der Waals surface area contributed by atoms with Gasteiger partial charge in [0.1, 0.15) is 16.9 Å². The fourth-order valence-corrected chi connectivity index (χ4v) is 2.00. The summed E-state index contributed by atoms with van der Waals surface area (Å²) in [5.41, 5.74) is -0.171. The van der Waals surface area contributed by atoms with Gasteiger partial charge in [0.2, 0.25) is 11.7 Å². The van der Waals surface area contributed by atoms with Gasteiger partial charge in [-0.05, 0) is 32.8 Å². The second kappa shape index (κ2) is 4.66. The van der Waals surface area contributed by atoms with Crippen LogP contribution >= 0.6 is 0 Å². The van der Waals surface area contributed by atoms with E-state index in [1.54, 1.807) is 26.1 Å². The van der Waals surface area contributed by atoms with Crippen molar-refractivity contribution in [3.8, 4) is 11.5 Å². The van der Waals surface area contributed by atoms with Gasteiger partial charge in [0, 0.05) is 6.20 Å². The summed E-state index contributed by atoms with van der Waals surface area (Å²) in [7, 11) is 0. The minimum atomic E-state index is -0.747. The highest BCUT2D eigenvalue weighted by Gasteiger charge is 2.57. The third-order valence-electron chi connectivity index (χ3n) is 3.26. The van der Waals surface area contributed by atoms with E-state index >= 15 is 0 Å². The van der Waals surface area contributed by atoms with Crippen molar-refractivity contribution >= 4 is 5.97 Å². The van der Waals surface area contributed by atoms with Crippen LogP contribution in [0.1, 0.15) is 31.5 Å². The quantitative estimate of drug-likeness (QED) is 0.779. The topological polar surface area (TPSA) is 91.0 Å². The lowest BCUT2D eigenvalue weighted by molar-refractivity contribution is -0.146. The Bertz CT molecular complexity index is 649. The summed E-state index contributed by atoms with van der Waals surface area (Å²) in [6, 6.07) is 1.70. The molecule has 7 heteroatoms. The van der Waals surface area contributed by atoms with Crippen LogP contribution in [0.2, 0.25) is 0 Å². The number of ether oxygens (including phenoxy) is 1. The maximum atomic E-state index is 12.0. The van der Waals surface area contributed by atoms with Crippen molar-refractivity contribution in [2.75, 3.05) is 6.61 Å². The Hall–Kier alpha value is -2.31. The van der Waals surface area contributed by atoms with Crippen molar-refractivity contribution in [2.45, 2.75) is 32.1 Å². The minimum Gasteiger partial charge on any atom is -0.465 e. The number of aromatic nitrogens is 4. The summed E-state index contributed by atoms with van der Waals surface area (Å²) in [4.78, 5) is 24.5. The number of aryl methyl sites for hydroxylation is 1. The monoisotopic (exact) mass is 274 g/mol. The van der Waals surface area contributed by atoms with Gasteiger partial charge in [-0.15, -0.1) is 0 Å². The predicted octanol–water partition coefficient (Wildman–Crippen LogP) is 1.43. The zero-order chi connectivity index (χ0) is 14.2. The van der Waals surface area contributed by atoms with Crippen LogP contribution in [0, 0.1) is 6.92 Å². The fraction of sp³-hybridized carbons (Fsp3) is 0.462. The van der Waals surface area contributed by atoms with Crippen molar-refractivity contribution in [1.82, 2.24) is 20.1 Å². The van der Waals surface area contributed by atoms with Crippen molar-refractivity contribution in [3.63, 3.8) is 0 Å². The maximum absolute atomic E-state index is 12.0. The SMILES string of the molecule is CCOC(=O)C1(c2nc(-c3ccnc(C)n3)no2)CC1. The first-order valence-electron chi connectivity index (χ1n) is 6.47. The minimum absolute atomic E-state index is 0.297. The number of hydrogen-bond donors (Lipinski definition) is 0. The number of hydrogen-bond acceptors (Lipinski definition) is 7. The zero-order valence-electron chi connectivity index (χ0n) is 11.3. The van der Waals surface area contributed by atoms with Crippen LogP contribution in [0.25, 0.3) is 11.5 Å². The normalized spacial score (nSPS) is 15.9. The second-order valence-corrected chi connectivity index (χ2v) is 4.71. The number of rotatable bonds is 4. The molecule has 0 amide bonds. The fourth-order valence-electron chi connectivity index (χ4n) is 2.00. The molecule has 1 saturated carbocycles. The van der Waals surface area contributed by atoms with Gasteiger partial charge in [-0.1, -0.05) is 5.16 Å². The molecule has 1 fully saturated rings. The molecule has 0 radical (unpaired) electrons. The average Bonchev–Trinajstić information content (AvgIpc) is 3.10. The molecule has 2 aromatic rings. The second-order valence-electron chi connectivity index (χ2n) is 4.71. The standard InChI is InChI=1S/C13H14N4O3/c1-3-19-12(18)13(5-6-13)11-16-10(17-20-11)9-4-7-14-8(2)15-9/h4,7H,3,5-6H2,1-2H3. The summed E-state index contributed by atoms with van der Waals surface area (Å²) < 4.78 is 10.3. The highest BCUT2D eigenvalue weighted by atomic mass is 16.5. The molecule has 20 heavy (non-hydrogen) atoms. The molecule has 0 saturated heterocycles. The van der Waals surface area contributed by atoms with Gasteiger partial charge in [0.15, 0.2) is 0 Å². The molecule has 0 atom stereocenters. The number of esters is 1. The van der Waals surface area contributed by atoms with E-state index in [0.29, 0.717) is 42.7 Å². The Labute approximate surface area is 115 Å². The van der Waals surface area contributed by atoms with Crippen molar-refractivity contribution in [2.24, 2.45) is 0 Å². The first kappa shape index (κ1) is 12.7. The molecule has 0 spiro atoms. The Morgan fingerprint density at radius 2 is 2.25 bits per heavy atom. The molecule has 2 aromatic heterocycles. The van der Waals surface area contributed by atoms with E-state index in [1.165, 1.54) is 0 Å². The summed E-state index contributed by atoms with van der Waals surface area (Å²) in [5, 5.41) is 3.89. The smallest absolute Gasteiger partial charge is 0.321 e. The summed E-state index contributed by atoms with van der Waals surface area (Å²) >= 11 is 0. The molecule has 0 aliphatic heterocycles. The Balaban J connectivity index is 1.89. The molecular formula is C13H14N4O3. The molecule has 1 aliphatic carbocycles. The lowest BCUT2D eigenvalue weighted by Crippen LogP contribution is -2.23. The van der Waals surface area contributed by atoms with E-state index in [0.717, 1.165) is 0 Å². The predicted molar refractivity (Wildman–Crippen MR) is 67.6 cm³/mol. The van der Waals surface area contributed by atoms with Gasteiger partial charge in [-0.25, -0.2) is 9.97 Å². The van der Waals surface area contributed by atoms with E-state index in [2.05, 4.69) is 20.1 Å². The lowest BCUT2D eigenvalue weighted by Gasteiger charge is -2.07. The van der Waals surface area contributed by atoms with Crippen LogP contribution in [0.3, 0.4) is 0 Å². The Morgan fingerprint density at radius 1 is 1.45 bits per heavy atom. The van der Waals surface area contributed by atoms with E-state index in [9.17, 15) is 4.79 Å². The number of nitrogens with zero attached hydrogens (tertiary/aromatic N) is 4. The Kier molecular flexibility index (Phi) is 2.96. The van der Waals surface area contributed by atoms with Gasteiger partial charge >= 0.3 is 5.97 Å². The molecule has 0 aromatic carbocycles. The average molecular weight is 274 g/mol. The highest BCUT2D eigenvalue weighted by molar-refractivity contribution is 5.85. The van der Waals surface area contributed by atoms with Gasteiger partial charge in [-0.2, -0.15) is 4.98 Å². The Morgan fingerprint density at radius 3 is 2.90 bits per heavy atom. The van der Waals surface area contributed by atoms with Crippen LogP contribution in [0.5, 0.6) is 0 Å². The maximum Gasteiger partial charge on any atom is 0.321 e. The first-order valence-corrected chi connectivity index (χ1v) is 6.47. The largest absolute Gasteiger partial charge is 0.465 e. The lowest BCUT2D eigenvalue weighted by atomic mass is 10.1. The molecule has 0 N–H and O–H groups in total. The summed E-state index contributed by atoms with van der Waals surface area (Å²) in [5.74, 6) is 0.998. The van der Waals surface area contributed by atoms with E-state index in [1.807, 2.05) is 0 Å². The molecule has 3 rings (SSSR count). The van der Waals surface area contributed by atoms with Crippen LogP contribution < -0.4 is 0 Å². The van der Waals surface area contributed by atoms with Crippen molar-refractivity contribution in [3.05, 3.63) is 24.0 Å². The zero-order valence-corrected chi connectivity index (χ0v) is 11.3. The van der Waals surface area contributed by atoms with Crippen LogP contribution in [-0.2, 0) is 14.9 Å². The molecule has 104 valence electrons. The molecule has 0 unspecified atom stereocenters. The van der Waals surface area contributed by atoms with Gasteiger partial charge in [0.25, 0.3) is 0 Å². The number of carbonyl (C=O) groups is 1. The van der Waals surface area contributed by atoms with E-state index < -0.39 is 5.41 Å². The molecule has 1 aliphatic rings. The molecule has 0 bridgehead atoms. The molecule has 2 heterocycles. The third kappa shape index (κ3) is 2.04.